The Morgan fingerprint density at radius 1 is 1.36 bits per heavy atom. The van der Waals surface area contributed by atoms with E-state index in [1.54, 1.807) is 24.3 Å². The lowest BCUT2D eigenvalue weighted by atomic mass is 10.2. The Morgan fingerprint density at radius 3 is 2.45 bits per heavy atom. The van der Waals surface area contributed by atoms with Gasteiger partial charge in [-0.2, -0.15) is 5.26 Å². The molecule has 56 valence electrons. The highest BCUT2D eigenvalue weighted by molar-refractivity contribution is 5.34. The molecular formula is C8H6FNO. The fourth-order valence-electron chi connectivity index (χ4n) is 0.689. The number of hydrogen-bond acceptors (Lipinski definition) is 2. The van der Waals surface area contributed by atoms with Crippen molar-refractivity contribution in [2.45, 2.75) is 0 Å². The maximum atomic E-state index is 11.6. The summed E-state index contributed by atoms with van der Waals surface area (Å²) in [6.07, 6.45) is 0. The van der Waals surface area contributed by atoms with Gasteiger partial charge in [-0.1, -0.05) is 0 Å². The fourth-order valence-corrected chi connectivity index (χ4v) is 0.689. The van der Waals surface area contributed by atoms with Crippen LogP contribution in [-0.2, 0) is 0 Å². The van der Waals surface area contributed by atoms with Gasteiger partial charge in [0.15, 0.2) is 0 Å². The van der Waals surface area contributed by atoms with Crippen LogP contribution in [0.3, 0.4) is 0 Å². The molecule has 0 amide bonds. The molecular weight excluding hydrogens is 145 g/mol. The minimum absolute atomic E-state index is 0.437. The van der Waals surface area contributed by atoms with Gasteiger partial charge >= 0.3 is 0 Å². The molecule has 0 aliphatic rings. The van der Waals surface area contributed by atoms with E-state index in [9.17, 15) is 4.39 Å². The molecule has 0 heterocycles. The number of benzene rings is 1. The molecule has 0 aliphatic carbocycles. The van der Waals surface area contributed by atoms with Gasteiger partial charge in [-0.05, 0) is 24.3 Å². The number of rotatable bonds is 2. The highest BCUT2D eigenvalue weighted by Crippen LogP contribution is 2.10. The summed E-state index contributed by atoms with van der Waals surface area (Å²) in [5.74, 6) is 0.437. The second kappa shape index (κ2) is 3.57. The smallest absolute Gasteiger partial charge is 0.228 e. The number of nitrogens with zero attached hydrogens (tertiary/aromatic N) is 1. The molecule has 0 aliphatic heterocycles. The summed E-state index contributed by atoms with van der Waals surface area (Å²) in [4.78, 5) is 0. The molecule has 1 rings (SSSR count). The predicted octanol–water partition coefficient (Wildman–Crippen LogP) is 1.86. The maximum absolute atomic E-state index is 11.6. The molecule has 2 nitrogen and oxygen atoms in total. The van der Waals surface area contributed by atoms with Crippen LogP contribution in [0.25, 0.3) is 0 Å². The quantitative estimate of drug-likeness (QED) is 0.646. The number of hydrogen-bond donors (Lipinski definition) is 0. The lowest BCUT2D eigenvalue weighted by Crippen LogP contribution is -1.88. The monoisotopic (exact) mass is 151 g/mol. The van der Waals surface area contributed by atoms with Crippen molar-refractivity contribution >= 4 is 0 Å². The van der Waals surface area contributed by atoms with E-state index in [0.29, 0.717) is 11.3 Å². The average Bonchev–Trinajstić information content (AvgIpc) is 2.07. The minimum Gasteiger partial charge on any atom is -0.463 e. The first kappa shape index (κ1) is 7.55. The first-order valence-corrected chi connectivity index (χ1v) is 3.06. The van der Waals surface area contributed by atoms with Crippen LogP contribution in [0.2, 0.25) is 0 Å². The van der Waals surface area contributed by atoms with Crippen LogP contribution in [0, 0.1) is 11.3 Å². The number of ether oxygens (including phenoxy) is 1. The van der Waals surface area contributed by atoms with Gasteiger partial charge in [0.1, 0.15) is 5.75 Å². The number of halogens is 1. The van der Waals surface area contributed by atoms with Crippen molar-refractivity contribution in [2.75, 3.05) is 6.86 Å². The summed E-state index contributed by atoms with van der Waals surface area (Å²) in [6.45, 7) is -0.841. The zero-order chi connectivity index (χ0) is 8.10. The van der Waals surface area contributed by atoms with Crippen molar-refractivity contribution in [3.8, 4) is 11.8 Å². The van der Waals surface area contributed by atoms with Crippen LogP contribution in [0.4, 0.5) is 4.39 Å². The van der Waals surface area contributed by atoms with Crippen molar-refractivity contribution in [3.05, 3.63) is 29.8 Å². The number of nitriles is 1. The lowest BCUT2D eigenvalue weighted by molar-refractivity contribution is 0.192. The van der Waals surface area contributed by atoms with Crippen molar-refractivity contribution in [2.24, 2.45) is 0 Å². The zero-order valence-electron chi connectivity index (χ0n) is 5.75. The summed E-state index contributed by atoms with van der Waals surface area (Å²) >= 11 is 0. The van der Waals surface area contributed by atoms with E-state index in [1.807, 2.05) is 6.07 Å². The Kier molecular flexibility index (Phi) is 2.45. The van der Waals surface area contributed by atoms with Crippen LogP contribution in [0.1, 0.15) is 5.56 Å². The Labute approximate surface area is 63.8 Å². The van der Waals surface area contributed by atoms with Gasteiger partial charge in [0, 0.05) is 0 Å². The Balaban J connectivity index is 2.76. The Hall–Kier alpha value is -1.56. The third kappa shape index (κ3) is 1.94. The molecule has 0 atom stereocenters. The fraction of sp³-hybridized carbons (Fsp3) is 0.125. The standard InChI is InChI=1S/C8H6FNO/c9-6-11-8-3-1-7(5-10)2-4-8/h1-4H,6H2. The summed E-state index contributed by atoms with van der Waals surface area (Å²) in [6, 6.07) is 8.20. The zero-order valence-corrected chi connectivity index (χ0v) is 5.75. The third-order valence-electron chi connectivity index (χ3n) is 1.20. The van der Waals surface area contributed by atoms with Crippen LogP contribution in [0.15, 0.2) is 24.3 Å². The highest BCUT2D eigenvalue weighted by atomic mass is 19.1. The molecule has 3 heteroatoms. The Bertz CT molecular complexity index is 262. The first-order chi connectivity index (χ1) is 5.36. The molecule has 1 aromatic carbocycles. The van der Waals surface area contributed by atoms with Crippen LogP contribution in [-0.4, -0.2) is 6.86 Å². The maximum Gasteiger partial charge on any atom is 0.228 e. The molecule has 0 unspecified atom stereocenters. The van der Waals surface area contributed by atoms with Gasteiger partial charge in [-0.3, -0.25) is 0 Å². The van der Waals surface area contributed by atoms with Crippen molar-refractivity contribution in [3.63, 3.8) is 0 Å². The summed E-state index contributed by atoms with van der Waals surface area (Å²) in [5, 5.41) is 8.39. The Morgan fingerprint density at radius 2 is 2.00 bits per heavy atom. The highest BCUT2D eigenvalue weighted by Gasteiger charge is 1.91. The van der Waals surface area contributed by atoms with E-state index in [4.69, 9.17) is 5.26 Å². The molecule has 1 aromatic rings. The first-order valence-electron chi connectivity index (χ1n) is 3.06. The van der Waals surface area contributed by atoms with E-state index in [-0.39, 0.29) is 0 Å². The molecule has 0 aromatic heterocycles. The normalized spacial score (nSPS) is 8.73. The van der Waals surface area contributed by atoms with Crippen LogP contribution in [0.5, 0.6) is 5.75 Å². The molecule has 0 saturated heterocycles. The van der Waals surface area contributed by atoms with E-state index < -0.39 is 6.86 Å². The summed E-state index contributed by atoms with van der Waals surface area (Å²) in [7, 11) is 0. The van der Waals surface area contributed by atoms with E-state index >= 15 is 0 Å². The molecule has 0 radical (unpaired) electrons. The minimum atomic E-state index is -0.841. The second-order valence-corrected chi connectivity index (χ2v) is 1.89. The van der Waals surface area contributed by atoms with Crippen molar-refractivity contribution in [1.29, 1.82) is 5.26 Å². The van der Waals surface area contributed by atoms with Gasteiger partial charge in [-0.15, -0.1) is 0 Å². The third-order valence-corrected chi connectivity index (χ3v) is 1.20. The van der Waals surface area contributed by atoms with Gasteiger partial charge in [-0.25, -0.2) is 4.39 Å². The largest absolute Gasteiger partial charge is 0.463 e. The summed E-state index contributed by atoms with van der Waals surface area (Å²) in [5.41, 5.74) is 0.538. The molecule has 0 N–H and O–H groups in total. The average molecular weight is 151 g/mol. The molecule has 0 saturated carbocycles. The molecule has 11 heavy (non-hydrogen) atoms. The SMILES string of the molecule is N#Cc1ccc(OCF)cc1. The lowest BCUT2D eigenvalue weighted by Gasteiger charge is -1.98. The van der Waals surface area contributed by atoms with Gasteiger partial charge < -0.3 is 4.74 Å². The van der Waals surface area contributed by atoms with Gasteiger partial charge in [0.05, 0.1) is 11.6 Å². The van der Waals surface area contributed by atoms with Gasteiger partial charge in [0.2, 0.25) is 6.86 Å². The molecule has 0 bridgehead atoms. The van der Waals surface area contributed by atoms with Crippen molar-refractivity contribution in [1.82, 2.24) is 0 Å². The molecule has 0 fully saturated rings. The number of alkyl halides is 1. The van der Waals surface area contributed by atoms with E-state index in [2.05, 4.69) is 4.74 Å². The van der Waals surface area contributed by atoms with Crippen LogP contribution >= 0.6 is 0 Å². The van der Waals surface area contributed by atoms with Crippen LogP contribution < -0.4 is 4.74 Å². The predicted molar refractivity (Wildman–Crippen MR) is 37.8 cm³/mol. The second-order valence-electron chi connectivity index (χ2n) is 1.89. The topological polar surface area (TPSA) is 33.0 Å². The van der Waals surface area contributed by atoms with Gasteiger partial charge in [0.25, 0.3) is 0 Å². The van der Waals surface area contributed by atoms with Crippen molar-refractivity contribution < 1.29 is 9.13 Å². The van der Waals surface area contributed by atoms with E-state index in [1.165, 1.54) is 0 Å². The summed E-state index contributed by atoms with van der Waals surface area (Å²) < 4.78 is 16.1. The molecule has 0 spiro atoms. The van der Waals surface area contributed by atoms with E-state index in [0.717, 1.165) is 0 Å².